The summed E-state index contributed by atoms with van der Waals surface area (Å²) in [5, 5.41) is 28.3. The maximum atomic E-state index is 14.2. The first-order valence-electron chi connectivity index (χ1n) is 5.83. The average molecular weight is 286 g/mol. The summed E-state index contributed by atoms with van der Waals surface area (Å²) in [4.78, 5) is 13.3. The van der Waals surface area contributed by atoms with Crippen LogP contribution in [0.4, 0.5) is 10.2 Å². The lowest BCUT2D eigenvalue weighted by Gasteiger charge is -2.19. The number of rotatable bonds is 2. The van der Waals surface area contributed by atoms with Crippen LogP contribution in [-0.4, -0.2) is 54.9 Å². The molecule has 20 heavy (non-hydrogen) atoms. The predicted octanol–water partition coefficient (Wildman–Crippen LogP) is -2.19. The van der Waals surface area contributed by atoms with Gasteiger partial charge in [-0.15, -0.1) is 0 Å². The van der Waals surface area contributed by atoms with Crippen molar-refractivity contribution in [3.8, 4) is 0 Å². The second-order valence-electron chi connectivity index (χ2n) is 4.53. The number of hydrogen-bond acceptors (Lipinski definition) is 7. The molecule has 0 aromatic carbocycles. The van der Waals surface area contributed by atoms with E-state index in [-0.39, 0.29) is 11.6 Å². The minimum absolute atomic E-state index is 0.0348. The minimum Gasteiger partial charge on any atom is -0.394 e. The third-order valence-corrected chi connectivity index (χ3v) is 3.24. The van der Waals surface area contributed by atoms with Crippen molar-refractivity contribution in [3.05, 3.63) is 12.2 Å². The second-order valence-corrected chi connectivity index (χ2v) is 4.53. The number of aliphatic hydroxyl groups is 3. The normalized spacial score (nSPS) is 33.9. The van der Waals surface area contributed by atoms with Crippen LogP contribution in [-0.2, 0) is 4.74 Å². The van der Waals surface area contributed by atoms with Crippen LogP contribution in [0.15, 0.2) is 6.33 Å². The lowest BCUT2D eigenvalue weighted by atomic mass is 10.0. The van der Waals surface area contributed by atoms with Crippen molar-refractivity contribution in [2.45, 2.75) is 24.2 Å². The summed E-state index contributed by atoms with van der Waals surface area (Å²) in [7, 11) is 0. The second kappa shape index (κ2) is 4.31. The van der Waals surface area contributed by atoms with Crippen LogP contribution in [0.1, 0.15) is 11.9 Å². The summed E-state index contributed by atoms with van der Waals surface area (Å²) in [6.45, 7) is -0.655. The molecule has 0 radical (unpaired) electrons. The van der Waals surface area contributed by atoms with Gasteiger partial charge in [0.25, 0.3) is 5.85 Å². The van der Waals surface area contributed by atoms with E-state index in [0.29, 0.717) is 11.2 Å². The molecule has 0 aliphatic carbocycles. The van der Waals surface area contributed by atoms with E-state index in [1.807, 2.05) is 0 Å². The van der Waals surface area contributed by atoms with Crippen LogP contribution < -0.4 is 10.7 Å². The maximum absolute atomic E-state index is 14.2. The molecule has 1 fully saturated rings. The van der Waals surface area contributed by atoms with Crippen LogP contribution in [0.25, 0.3) is 11.2 Å². The number of halogens is 1. The topological polar surface area (TPSA) is 152 Å². The van der Waals surface area contributed by atoms with Gasteiger partial charge >= 0.3 is 5.65 Å². The first kappa shape index (κ1) is 13.1. The average Bonchev–Trinajstić information content (AvgIpc) is 2.95. The molecular weight excluding hydrogens is 273 g/mol. The fourth-order valence-corrected chi connectivity index (χ4v) is 2.18. The quantitative estimate of drug-likeness (QED) is 0.420. The number of nitrogens with one attached hydrogen (secondary N) is 2. The summed E-state index contributed by atoms with van der Waals surface area (Å²) in [5.74, 6) is -3.32. The van der Waals surface area contributed by atoms with Gasteiger partial charge in [0, 0.05) is 0 Å². The zero-order valence-corrected chi connectivity index (χ0v) is 10.1. The third kappa shape index (κ3) is 1.73. The first-order chi connectivity index (χ1) is 9.45. The Morgan fingerprint density at radius 1 is 1.55 bits per heavy atom. The largest absolute Gasteiger partial charge is 0.394 e. The Labute approximate surface area is 111 Å². The number of fused-ring (bicyclic) bond motifs is 1. The molecular formula is C10H13FN5O4+. The summed E-state index contributed by atoms with van der Waals surface area (Å²) < 4.78 is 19.3. The summed E-state index contributed by atoms with van der Waals surface area (Å²) in [5.41, 5.74) is 6.41. The highest BCUT2D eigenvalue weighted by atomic mass is 19.2. The van der Waals surface area contributed by atoms with Gasteiger partial charge in [0.1, 0.15) is 12.2 Å². The Hall–Kier alpha value is -1.88. The van der Waals surface area contributed by atoms with E-state index < -0.39 is 30.8 Å². The number of alkyl halides is 1. The molecule has 1 unspecified atom stereocenters. The molecule has 1 aliphatic rings. The lowest BCUT2D eigenvalue weighted by molar-refractivity contribution is -0.347. The van der Waals surface area contributed by atoms with Crippen molar-refractivity contribution in [2.75, 3.05) is 12.3 Å². The number of aromatic nitrogens is 4. The van der Waals surface area contributed by atoms with Crippen LogP contribution in [0.2, 0.25) is 0 Å². The molecule has 9 nitrogen and oxygen atoms in total. The number of nitrogen functional groups attached to an aromatic ring is 1. The molecule has 2 aromatic heterocycles. The minimum atomic E-state index is -3.12. The molecule has 3 heterocycles. The molecule has 7 N–H and O–H groups in total. The lowest BCUT2D eigenvalue weighted by Crippen LogP contribution is -2.42. The van der Waals surface area contributed by atoms with Crippen molar-refractivity contribution in [3.63, 3.8) is 0 Å². The molecule has 0 saturated carbocycles. The summed E-state index contributed by atoms with van der Waals surface area (Å²) >= 11 is 0. The number of anilines is 1. The molecule has 0 bridgehead atoms. The van der Waals surface area contributed by atoms with Gasteiger partial charge in [-0.25, -0.2) is 9.37 Å². The van der Waals surface area contributed by atoms with Crippen LogP contribution in [0, 0.1) is 0 Å². The zero-order valence-electron chi connectivity index (χ0n) is 10.1. The number of aliphatic hydroxyl groups excluding tert-OH is 2. The van der Waals surface area contributed by atoms with Gasteiger partial charge in [-0.3, -0.25) is 4.98 Å². The SMILES string of the molecule is Nc1nc(C2O[C@H](CO)[C@@H](O)[C@@]2(O)F)nc2[nH+]c[nH]c12. The highest BCUT2D eigenvalue weighted by molar-refractivity contribution is 5.78. The van der Waals surface area contributed by atoms with Crippen molar-refractivity contribution in [1.82, 2.24) is 15.0 Å². The van der Waals surface area contributed by atoms with Crippen molar-refractivity contribution in [1.29, 1.82) is 0 Å². The van der Waals surface area contributed by atoms with E-state index >= 15 is 0 Å². The summed E-state index contributed by atoms with van der Waals surface area (Å²) in [6.07, 6.45) is -3.37. The number of H-pyrrole nitrogens is 2. The van der Waals surface area contributed by atoms with Gasteiger partial charge < -0.3 is 25.8 Å². The third-order valence-electron chi connectivity index (χ3n) is 3.24. The van der Waals surface area contributed by atoms with Crippen molar-refractivity contribution < 1.29 is 29.4 Å². The smallest absolute Gasteiger partial charge is 0.305 e. The van der Waals surface area contributed by atoms with Crippen LogP contribution in [0.3, 0.4) is 0 Å². The molecule has 10 heteroatoms. The summed E-state index contributed by atoms with van der Waals surface area (Å²) in [6, 6.07) is 0. The Balaban J connectivity index is 2.06. The Bertz CT molecular complexity index is 648. The number of hydrogen-bond donors (Lipinski definition) is 5. The van der Waals surface area contributed by atoms with Crippen molar-refractivity contribution >= 4 is 17.0 Å². The van der Waals surface area contributed by atoms with Crippen molar-refractivity contribution in [2.24, 2.45) is 0 Å². The first-order valence-corrected chi connectivity index (χ1v) is 5.83. The van der Waals surface area contributed by atoms with E-state index in [1.165, 1.54) is 6.33 Å². The number of nitrogens with two attached hydrogens (primary N) is 1. The number of nitrogens with zero attached hydrogens (tertiary/aromatic N) is 2. The van der Waals surface area contributed by atoms with E-state index in [1.54, 1.807) is 0 Å². The van der Waals surface area contributed by atoms with Gasteiger partial charge in [0.05, 0.1) is 6.61 Å². The fraction of sp³-hybridized carbons (Fsp3) is 0.500. The maximum Gasteiger partial charge on any atom is 0.305 e. The molecule has 4 atom stereocenters. The van der Waals surface area contributed by atoms with Gasteiger partial charge in [-0.2, -0.15) is 4.98 Å². The van der Waals surface area contributed by atoms with Gasteiger partial charge in [0.2, 0.25) is 11.3 Å². The molecule has 0 spiro atoms. The Morgan fingerprint density at radius 3 is 2.95 bits per heavy atom. The number of ether oxygens (including phenoxy) is 1. The van der Waals surface area contributed by atoms with E-state index in [2.05, 4.69) is 19.9 Å². The standard InChI is InChI=1S/C10H12FN5O4/c11-10(19)5(18)3(1-17)20-6(10)9-15-7(12)4-8(16-9)14-2-13-4/h2-3,5-6,17-19H,1H2,(H3,12,13,14,15,16)/p+1/t3-,5-,6?,10+/m1/s1. The van der Waals surface area contributed by atoms with E-state index in [4.69, 9.17) is 15.6 Å². The van der Waals surface area contributed by atoms with Crippen LogP contribution >= 0.6 is 0 Å². The fourth-order valence-electron chi connectivity index (χ4n) is 2.18. The monoisotopic (exact) mass is 286 g/mol. The zero-order chi connectivity index (χ0) is 14.5. The van der Waals surface area contributed by atoms with Gasteiger partial charge in [-0.1, -0.05) is 4.98 Å². The highest BCUT2D eigenvalue weighted by Gasteiger charge is 2.59. The molecule has 108 valence electrons. The molecule has 0 amide bonds. The van der Waals surface area contributed by atoms with E-state index in [0.717, 1.165) is 0 Å². The van der Waals surface area contributed by atoms with Crippen LogP contribution in [0.5, 0.6) is 0 Å². The molecule has 2 aromatic rings. The highest BCUT2D eigenvalue weighted by Crippen LogP contribution is 2.41. The molecule has 1 aliphatic heterocycles. The number of imidazole rings is 1. The van der Waals surface area contributed by atoms with E-state index in [9.17, 15) is 14.6 Å². The van der Waals surface area contributed by atoms with Gasteiger partial charge in [0.15, 0.2) is 18.2 Å². The molecule has 3 rings (SSSR count). The predicted molar refractivity (Wildman–Crippen MR) is 61.6 cm³/mol. The van der Waals surface area contributed by atoms with Gasteiger partial charge in [-0.05, 0) is 0 Å². The Morgan fingerprint density at radius 2 is 2.30 bits per heavy atom. The molecule has 1 saturated heterocycles. The Kier molecular flexibility index (Phi) is 2.83. The number of aromatic amines is 2.